The average Bonchev–Trinajstić information content (AvgIpc) is 2.86. The summed E-state index contributed by atoms with van der Waals surface area (Å²) in [5.41, 5.74) is 6.59. The van der Waals surface area contributed by atoms with Gasteiger partial charge >= 0.3 is 0 Å². The first-order valence-electron chi connectivity index (χ1n) is 6.36. The van der Waals surface area contributed by atoms with E-state index in [0.717, 1.165) is 19.4 Å². The van der Waals surface area contributed by atoms with E-state index in [-0.39, 0.29) is 17.8 Å². The number of hydrogen-bond acceptors (Lipinski definition) is 4. The molecule has 0 saturated carbocycles. The number of nitrogen functional groups attached to an aromatic ring is 1. The molecule has 0 aromatic heterocycles. The van der Waals surface area contributed by atoms with Crippen LogP contribution < -0.4 is 11.1 Å². The Labute approximate surface area is 125 Å². The van der Waals surface area contributed by atoms with Crippen molar-refractivity contribution >= 4 is 39.7 Å². The number of hydrogen-bond donors (Lipinski definition) is 2. The van der Waals surface area contributed by atoms with Gasteiger partial charge in [0.25, 0.3) is 0 Å². The van der Waals surface area contributed by atoms with E-state index in [9.17, 15) is 9.00 Å². The predicted octanol–water partition coefficient (Wildman–Crippen LogP) is 1.79. The molecule has 7 heteroatoms. The van der Waals surface area contributed by atoms with E-state index in [4.69, 9.17) is 22.1 Å². The highest BCUT2D eigenvalue weighted by molar-refractivity contribution is 7.85. The minimum atomic E-state index is -1.22. The number of carbonyl (C=O) groups is 1. The van der Waals surface area contributed by atoms with Crippen LogP contribution >= 0.6 is 11.6 Å². The van der Waals surface area contributed by atoms with Crippen LogP contribution in [0.3, 0.4) is 0 Å². The second-order valence-electron chi connectivity index (χ2n) is 4.67. The Balaban J connectivity index is 1.82. The fourth-order valence-corrected chi connectivity index (χ4v) is 3.28. The average molecular weight is 317 g/mol. The van der Waals surface area contributed by atoms with Gasteiger partial charge in [0.1, 0.15) is 5.75 Å². The van der Waals surface area contributed by atoms with Crippen molar-refractivity contribution in [3.05, 3.63) is 23.2 Å². The first kappa shape index (κ1) is 15.3. The van der Waals surface area contributed by atoms with E-state index >= 15 is 0 Å². The fraction of sp³-hybridized carbons (Fsp3) is 0.462. The van der Waals surface area contributed by atoms with Crippen LogP contribution in [-0.4, -0.2) is 34.3 Å². The summed E-state index contributed by atoms with van der Waals surface area (Å²) in [5, 5.41) is 3.09. The minimum Gasteiger partial charge on any atom is -0.397 e. The van der Waals surface area contributed by atoms with Crippen LogP contribution in [0.25, 0.3) is 0 Å². The molecule has 3 N–H and O–H groups in total. The van der Waals surface area contributed by atoms with Gasteiger partial charge in [-0.05, 0) is 31.0 Å². The summed E-state index contributed by atoms with van der Waals surface area (Å²) in [6.45, 7) is 0.720. The monoisotopic (exact) mass is 316 g/mol. The number of amides is 1. The van der Waals surface area contributed by atoms with Crippen molar-refractivity contribution in [3.63, 3.8) is 0 Å². The Morgan fingerprint density at radius 1 is 1.55 bits per heavy atom. The Morgan fingerprint density at radius 3 is 3.00 bits per heavy atom. The first-order chi connectivity index (χ1) is 9.54. The van der Waals surface area contributed by atoms with E-state index in [2.05, 4.69) is 5.32 Å². The molecular weight excluding hydrogens is 300 g/mol. The third kappa shape index (κ3) is 4.47. The van der Waals surface area contributed by atoms with Crippen LogP contribution in [0.4, 0.5) is 11.4 Å². The Morgan fingerprint density at radius 2 is 2.35 bits per heavy atom. The molecule has 2 rings (SSSR count). The summed E-state index contributed by atoms with van der Waals surface area (Å²) in [5.74, 6) is 0.0709. The second kappa shape index (κ2) is 7.06. The van der Waals surface area contributed by atoms with Crippen molar-refractivity contribution in [2.45, 2.75) is 18.9 Å². The van der Waals surface area contributed by atoms with Crippen LogP contribution in [-0.2, 0) is 20.3 Å². The van der Waals surface area contributed by atoms with Crippen LogP contribution in [0, 0.1) is 0 Å². The number of rotatable bonds is 5. The molecule has 0 radical (unpaired) electrons. The molecule has 1 aromatic rings. The zero-order chi connectivity index (χ0) is 14.5. The third-order valence-corrected chi connectivity index (χ3v) is 4.64. The topological polar surface area (TPSA) is 81.4 Å². The minimum absolute atomic E-state index is 0.0230. The molecule has 1 heterocycles. The van der Waals surface area contributed by atoms with Gasteiger partial charge in [-0.1, -0.05) is 11.6 Å². The molecule has 5 nitrogen and oxygen atoms in total. The van der Waals surface area contributed by atoms with Crippen LogP contribution in [0.2, 0.25) is 5.02 Å². The molecule has 2 atom stereocenters. The molecule has 1 fully saturated rings. The lowest BCUT2D eigenvalue weighted by atomic mass is 10.3. The van der Waals surface area contributed by atoms with Crippen LogP contribution in [0.15, 0.2) is 18.2 Å². The van der Waals surface area contributed by atoms with Crippen molar-refractivity contribution < 1.29 is 13.7 Å². The lowest BCUT2D eigenvalue weighted by Gasteiger charge is -2.09. The predicted molar refractivity (Wildman–Crippen MR) is 81.3 cm³/mol. The van der Waals surface area contributed by atoms with Gasteiger partial charge in [0, 0.05) is 23.1 Å². The first-order valence-corrected chi connectivity index (χ1v) is 8.22. The summed E-state index contributed by atoms with van der Waals surface area (Å²) in [7, 11) is -1.22. The molecule has 1 amide bonds. The van der Waals surface area contributed by atoms with Crippen LogP contribution in [0.5, 0.6) is 0 Å². The number of halogens is 1. The summed E-state index contributed by atoms with van der Waals surface area (Å²) in [4.78, 5) is 11.8. The van der Waals surface area contributed by atoms with Crippen molar-refractivity contribution in [2.24, 2.45) is 0 Å². The van der Waals surface area contributed by atoms with Crippen LogP contribution in [0.1, 0.15) is 12.8 Å². The maximum absolute atomic E-state index is 11.8. The zero-order valence-corrected chi connectivity index (χ0v) is 12.5. The lowest BCUT2D eigenvalue weighted by Crippen LogP contribution is -2.25. The number of anilines is 2. The molecule has 1 aliphatic heterocycles. The van der Waals surface area contributed by atoms with Gasteiger partial charge < -0.3 is 15.8 Å². The molecule has 0 bridgehead atoms. The summed E-state index contributed by atoms with van der Waals surface area (Å²) in [6, 6.07) is 4.83. The summed E-state index contributed by atoms with van der Waals surface area (Å²) < 4.78 is 17.2. The zero-order valence-electron chi connectivity index (χ0n) is 10.9. The van der Waals surface area contributed by atoms with Crippen molar-refractivity contribution in [1.29, 1.82) is 0 Å². The lowest BCUT2D eigenvalue weighted by molar-refractivity contribution is -0.113. The van der Waals surface area contributed by atoms with Gasteiger partial charge in [-0.2, -0.15) is 0 Å². The van der Waals surface area contributed by atoms with E-state index in [1.54, 1.807) is 18.2 Å². The molecule has 110 valence electrons. The van der Waals surface area contributed by atoms with Crippen molar-refractivity contribution in [3.8, 4) is 0 Å². The van der Waals surface area contributed by atoms with Crippen molar-refractivity contribution in [2.75, 3.05) is 29.2 Å². The highest BCUT2D eigenvalue weighted by atomic mass is 35.5. The maximum atomic E-state index is 11.8. The highest BCUT2D eigenvalue weighted by Gasteiger charge is 2.19. The number of benzene rings is 1. The maximum Gasteiger partial charge on any atom is 0.236 e. The molecule has 20 heavy (non-hydrogen) atoms. The molecule has 0 spiro atoms. The smallest absolute Gasteiger partial charge is 0.236 e. The van der Waals surface area contributed by atoms with E-state index in [1.165, 1.54) is 0 Å². The van der Waals surface area contributed by atoms with E-state index in [0.29, 0.717) is 22.2 Å². The van der Waals surface area contributed by atoms with E-state index in [1.807, 2.05) is 0 Å². The highest BCUT2D eigenvalue weighted by Crippen LogP contribution is 2.22. The normalized spacial score (nSPS) is 19.8. The molecule has 2 unspecified atom stereocenters. The van der Waals surface area contributed by atoms with Gasteiger partial charge in [-0.25, -0.2) is 0 Å². The molecular formula is C13H17ClN2O3S. The number of ether oxygens (including phenoxy) is 1. The summed E-state index contributed by atoms with van der Waals surface area (Å²) >= 11 is 5.80. The van der Waals surface area contributed by atoms with Gasteiger partial charge in [0.05, 0.1) is 22.6 Å². The molecule has 0 aliphatic carbocycles. The van der Waals surface area contributed by atoms with E-state index < -0.39 is 10.8 Å². The molecule has 1 saturated heterocycles. The largest absolute Gasteiger partial charge is 0.397 e. The fourth-order valence-electron chi connectivity index (χ4n) is 2.01. The number of nitrogens with one attached hydrogen (secondary N) is 1. The quantitative estimate of drug-likeness (QED) is 0.811. The molecule has 1 aromatic carbocycles. The Bertz CT molecular complexity index is 518. The van der Waals surface area contributed by atoms with Gasteiger partial charge in [-0.3, -0.25) is 9.00 Å². The van der Waals surface area contributed by atoms with Gasteiger partial charge in [0.2, 0.25) is 5.91 Å². The second-order valence-corrected chi connectivity index (χ2v) is 6.58. The van der Waals surface area contributed by atoms with Gasteiger partial charge in [-0.15, -0.1) is 0 Å². The SMILES string of the molecule is Nc1cc(NC(=O)CS(=O)CC2CCCO2)ccc1Cl. The standard InChI is InChI=1S/C13H17ClN2O3S/c14-11-4-3-9(6-12(11)15)16-13(17)8-20(18)7-10-2-1-5-19-10/h3-4,6,10H,1-2,5,7-8,15H2,(H,16,17). The third-order valence-electron chi connectivity index (χ3n) is 2.97. The molecule has 1 aliphatic rings. The Hall–Kier alpha value is -1.11. The van der Waals surface area contributed by atoms with Gasteiger partial charge in [0.15, 0.2) is 0 Å². The number of nitrogens with two attached hydrogens (primary N) is 1. The Kier molecular flexibility index (Phi) is 5.39. The van der Waals surface area contributed by atoms with Crippen molar-refractivity contribution in [1.82, 2.24) is 0 Å². The summed E-state index contributed by atoms with van der Waals surface area (Å²) in [6.07, 6.45) is 1.94. The number of carbonyl (C=O) groups excluding carboxylic acids is 1.